The Labute approximate surface area is 117 Å². The molecule has 1 aliphatic heterocycles. The molecule has 1 fully saturated rings. The smallest absolute Gasteiger partial charge is 0.326 e. The lowest BCUT2D eigenvalue weighted by Gasteiger charge is -2.32. The van der Waals surface area contributed by atoms with Gasteiger partial charge in [0.1, 0.15) is 11.7 Å². The van der Waals surface area contributed by atoms with Gasteiger partial charge in [-0.15, -0.1) is 0 Å². The lowest BCUT2D eigenvalue weighted by atomic mass is 10.0. The number of hydrogen-bond donors (Lipinski definition) is 1. The summed E-state index contributed by atoms with van der Waals surface area (Å²) in [5, 5.41) is 9.24. The number of piperidine rings is 1. The average Bonchev–Trinajstić information content (AvgIpc) is 2.42. The Morgan fingerprint density at radius 2 is 1.75 bits per heavy atom. The largest absolute Gasteiger partial charge is 0.480 e. The van der Waals surface area contributed by atoms with Gasteiger partial charge < -0.3 is 10.0 Å². The van der Waals surface area contributed by atoms with Crippen molar-refractivity contribution in [2.45, 2.75) is 46.1 Å². The predicted molar refractivity (Wildman–Crippen MR) is 72.6 cm³/mol. The highest BCUT2D eigenvalue weighted by atomic mass is 16.4. The van der Waals surface area contributed by atoms with Crippen LogP contribution in [0.3, 0.4) is 0 Å². The van der Waals surface area contributed by atoms with Crippen LogP contribution in [0.1, 0.15) is 46.8 Å². The van der Waals surface area contributed by atoms with E-state index >= 15 is 0 Å². The molecule has 1 aromatic rings. The number of carbonyl (C=O) groups is 2. The standard InChI is InChI=1S/C14H19N3O3/c1-8-9(2)16-12(10(3)15-8)13(18)17-7-5-4-6-11(17)14(19)20/h11H,4-7H2,1-3H3,(H,19,20). The van der Waals surface area contributed by atoms with Crippen LogP contribution in [0.4, 0.5) is 0 Å². The summed E-state index contributed by atoms with van der Waals surface area (Å²) < 4.78 is 0. The van der Waals surface area contributed by atoms with Gasteiger partial charge in [-0.1, -0.05) is 0 Å². The summed E-state index contributed by atoms with van der Waals surface area (Å²) in [6.45, 7) is 5.82. The first kappa shape index (κ1) is 14.4. The van der Waals surface area contributed by atoms with Crippen LogP contribution in [-0.2, 0) is 4.79 Å². The first-order valence-corrected chi connectivity index (χ1v) is 6.77. The van der Waals surface area contributed by atoms with Crippen molar-refractivity contribution in [3.05, 3.63) is 22.8 Å². The second-order valence-electron chi connectivity index (χ2n) is 5.18. The molecule has 108 valence electrons. The maximum atomic E-state index is 12.6. The van der Waals surface area contributed by atoms with E-state index < -0.39 is 12.0 Å². The number of hydrogen-bond acceptors (Lipinski definition) is 4. The first-order chi connectivity index (χ1) is 9.41. The molecule has 1 aliphatic rings. The van der Waals surface area contributed by atoms with E-state index in [2.05, 4.69) is 9.97 Å². The van der Waals surface area contributed by atoms with Crippen LogP contribution in [-0.4, -0.2) is 44.4 Å². The fourth-order valence-electron chi connectivity index (χ4n) is 2.48. The molecule has 1 N–H and O–H groups in total. The van der Waals surface area contributed by atoms with Crippen molar-refractivity contribution in [3.63, 3.8) is 0 Å². The van der Waals surface area contributed by atoms with Gasteiger partial charge in [0.15, 0.2) is 0 Å². The Morgan fingerprint density at radius 1 is 1.10 bits per heavy atom. The summed E-state index contributed by atoms with van der Waals surface area (Å²) in [6, 6.07) is -0.751. The maximum absolute atomic E-state index is 12.6. The molecule has 2 rings (SSSR count). The van der Waals surface area contributed by atoms with Crippen molar-refractivity contribution < 1.29 is 14.7 Å². The number of aryl methyl sites for hydroxylation is 3. The zero-order valence-electron chi connectivity index (χ0n) is 12.0. The zero-order valence-corrected chi connectivity index (χ0v) is 12.0. The molecule has 1 saturated heterocycles. The number of carboxylic acids is 1. The highest BCUT2D eigenvalue weighted by Crippen LogP contribution is 2.20. The zero-order chi connectivity index (χ0) is 14.9. The topological polar surface area (TPSA) is 83.4 Å². The molecule has 1 unspecified atom stereocenters. The summed E-state index contributed by atoms with van der Waals surface area (Å²) >= 11 is 0. The molecule has 6 nitrogen and oxygen atoms in total. The molecule has 1 aromatic heterocycles. The minimum atomic E-state index is -0.951. The van der Waals surface area contributed by atoms with Crippen LogP contribution in [0.15, 0.2) is 0 Å². The molecule has 0 bridgehead atoms. The van der Waals surface area contributed by atoms with Gasteiger partial charge >= 0.3 is 5.97 Å². The van der Waals surface area contributed by atoms with Gasteiger partial charge in [0.2, 0.25) is 0 Å². The number of nitrogens with zero attached hydrogens (tertiary/aromatic N) is 3. The van der Waals surface area contributed by atoms with Gasteiger partial charge in [0.25, 0.3) is 5.91 Å². The molecule has 2 heterocycles. The maximum Gasteiger partial charge on any atom is 0.326 e. The molecule has 6 heteroatoms. The first-order valence-electron chi connectivity index (χ1n) is 6.77. The Hall–Kier alpha value is -1.98. The van der Waals surface area contributed by atoms with Crippen LogP contribution >= 0.6 is 0 Å². The van der Waals surface area contributed by atoms with E-state index in [1.165, 1.54) is 4.90 Å². The van der Waals surface area contributed by atoms with Gasteiger partial charge in [0.05, 0.1) is 17.1 Å². The molecule has 0 saturated carbocycles. The summed E-state index contributed by atoms with van der Waals surface area (Å²) in [4.78, 5) is 33.8. The van der Waals surface area contributed by atoms with E-state index in [0.29, 0.717) is 24.4 Å². The Balaban J connectivity index is 2.34. The molecule has 0 spiro atoms. The lowest BCUT2D eigenvalue weighted by molar-refractivity contribution is -0.143. The van der Waals surface area contributed by atoms with Crippen molar-refractivity contribution in [2.24, 2.45) is 0 Å². The molecule has 0 aromatic carbocycles. The minimum absolute atomic E-state index is 0.265. The molecular weight excluding hydrogens is 258 g/mol. The van der Waals surface area contributed by atoms with Gasteiger partial charge in [-0.2, -0.15) is 0 Å². The monoisotopic (exact) mass is 277 g/mol. The molecule has 1 atom stereocenters. The minimum Gasteiger partial charge on any atom is -0.480 e. The van der Waals surface area contributed by atoms with Crippen molar-refractivity contribution in [2.75, 3.05) is 6.54 Å². The predicted octanol–water partition coefficient (Wildman–Crippen LogP) is 1.48. The van der Waals surface area contributed by atoms with Crippen LogP contribution in [0.2, 0.25) is 0 Å². The summed E-state index contributed by atoms with van der Waals surface area (Å²) in [7, 11) is 0. The molecule has 20 heavy (non-hydrogen) atoms. The normalized spacial score (nSPS) is 18.9. The molecule has 0 aliphatic carbocycles. The van der Waals surface area contributed by atoms with E-state index in [1.807, 2.05) is 6.92 Å². The van der Waals surface area contributed by atoms with Gasteiger partial charge in [-0.3, -0.25) is 9.78 Å². The van der Waals surface area contributed by atoms with Gasteiger partial charge in [-0.05, 0) is 40.0 Å². The van der Waals surface area contributed by atoms with E-state index in [9.17, 15) is 14.7 Å². The molecule has 0 radical (unpaired) electrons. The van der Waals surface area contributed by atoms with E-state index in [4.69, 9.17) is 0 Å². The van der Waals surface area contributed by atoms with Crippen LogP contribution in [0, 0.1) is 20.8 Å². The molecular formula is C14H19N3O3. The third kappa shape index (κ3) is 2.64. The van der Waals surface area contributed by atoms with E-state index in [1.54, 1.807) is 13.8 Å². The van der Waals surface area contributed by atoms with Crippen LogP contribution < -0.4 is 0 Å². The van der Waals surface area contributed by atoms with Crippen molar-refractivity contribution in [3.8, 4) is 0 Å². The SMILES string of the molecule is Cc1nc(C)c(C(=O)N2CCCCC2C(=O)O)nc1C. The number of carbonyl (C=O) groups excluding carboxylic acids is 1. The second kappa shape index (κ2) is 5.56. The number of aliphatic carboxylic acids is 1. The lowest BCUT2D eigenvalue weighted by Crippen LogP contribution is -2.48. The third-order valence-electron chi connectivity index (χ3n) is 3.73. The van der Waals surface area contributed by atoms with Crippen LogP contribution in [0.25, 0.3) is 0 Å². The highest BCUT2D eigenvalue weighted by Gasteiger charge is 2.33. The quantitative estimate of drug-likeness (QED) is 0.885. The summed E-state index contributed by atoms with van der Waals surface area (Å²) in [5.74, 6) is -1.28. The Bertz CT molecular complexity index is 557. The number of aromatic nitrogens is 2. The summed E-state index contributed by atoms with van der Waals surface area (Å²) in [5.41, 5.74) is 2.30. The third-order valence-corrected chi connectivity index (χ3v) is 3.73. The average molecular weight is 277 g/mol. The summed E-state index contributed by atoms with van der Waals surface area (Å²) in [6.07, 6.45) is 2.16. The fourth-order valence-corrected chi connectivity index (χ4v) is 2.48. The Kier molecular flexibility index (Phi) is 4.01. The number of rotatable bonds is 2. The van der Waals surface area contributed by atoms with Crippen LogP contribution in [0.5, 0.6) is 0 Å². The van der Waals surface area contributed by atoms with Crippen molar-refractivity contribution in [1.82, 2.24) is 14.9 Å². The number of amides is 1. The van der Waals surface area contributed by atoms with Crippen molar-refractivity contribution in [1.29, 1.82) is 0 Å². The fraction of sp³-hybridized carbons (Fsp3) is 0.571. The second-order valence-corrected chi connectivity index (χ2v) is 5.18. The highest BCUT2D eigenvalue weighted by molar-refractivity contribution is 5.96. The van der Waals surface area contributed by atoms with Gasteiger partial charge in [0, 0.05) is 6.54 Å². The molecule has 1 amide bonds. The van der Waals surface area contributed by atoms with Crippen molar-refractivity contribution >= 4 is 11.9 Å². The Morgan fingerprint density at radius 3 is 2.40 bits per heavy atom. The number of carboxylic acid groups (broad SMARTS) is 1. The number of likely N-dealkylation sites (tertiary alicyclic amines) is 1. The van der Waals surface area contributed by atoms with E-state index in [-0.39, 0.29) is 11.6 Å². The van der Waals surface area contributed by atoms with E-state index in [0.717, 1.165) is 18.5 Å². The van der Waals surface area contributed by atoms with Gasteiger partial charge in [-0.25, -0.2) is 9.78 Å².